The van der Waals surface area contributed by atoms with Crippen molar-refractivity contribution in [2.24, 2.45) is 5.73 Å². The van der Waals surface area contributed by atoms with Crippen molar-refractivity contribution in [3.05, 3.63) is 130 Å². The van der Waals surface area contributed by atoms with Gasteiger partial charge in [0.2, 0.25) is 0 Å². The molecule has 668 valence electrons. The van der Waals surface area contributed by atoms with Gasteiger partial charge in [0, 0.05) is 155 Å². The predicted molar refractivity (Wildman–Crippen MR) is 471 cm³/mol. The van der Waals surface area contributed by atoms with Crippen LogP contribution in [0.1, 0.15) is 189 Å². The number of halogens is 4. The number of carboxylic acids is 1. The molecule has 0 saturated carbocycles. The standard InChI is InChI=1S/C31H49FN6O3.C27H41FN6O3.C25H42FN3O3.C6H8ClN3/c1-31(2,3)41-30(39)27(36-28-19-29(37(4)5)34-22-33-28)16-18-38(20-24(32)21-40-6)17-10-9-12-25-15-14-23-11-7-8-13-26(23)35-25;1-33(2)26-16-25(29-19-30-26)32-24(27(35)36)13-15-34(17-21(28)18-37-3)14-7-6-9-22-12-11-20-8-4-5-10-23(20)31-22;1-25(2,3)32-24(30)22(27)14-16-29(17-20(26)18-31-4)15-8-7-10-21-13-12-19-9-5-6-11-23(19)28-21;1-10(2)6-3-5(7)8-4-9-6/h14-15,19,22,24,27H,7-13,16-18,20-21H2,1-6H3,(H,33,34,36);11-12,16,19,21,24H,4-10,13-15,17-18H2,1-3H3,(H,35,36)(H,29,30,32);12-13,20,22H,5-11,14-18,27H2,1-4H3;3-4H,1-2H3/t24-,27-;21-,24-;20-,22-;/m000./s1. The van der Waals surface area contributed by atoms with Crippen LogP contribution in [0.4, 0.5) is 42.3 Å². The number of aryl methyl sites for hydroxylation is 9. The first-order valence-electron chi connectivity index (χ1n) is 42.9. The summed E-state index contributed by atoms with van der Waals surface area (Å²) in [5, 5.41) is 16.5. The maximum Gasteiger partial charge on any atom is 0.329 e. The van der Waals surface area contributed by atoms with Crippen LogP contribution >= 0.6 is 11.6 Å². The number of pyridine rings is 3. The number of hydrogen-bond donors (Lipinski definition) is 4. The number of aromatic nitrogens is 9. The third-order valence-corrected chi connectivity index (χ3v) is 20.7. The highest BCUT2D eigenvalue weighted by Gasteiger charge is 2.29. The minimum Gasteiger partial charge on any atom is -0.480 e. The van der Waals surface area contributed by atoms with Crippen LogP contribution in [-0.2, 0) is 95.9 Å². The van der Waals surface area contributed by atoms with Crippen LogP contribution in [0.15, 0.2) is 73.6 Å². The van der Waals surface area contributed by atoms with Gasteiger partial charge < -0.3 is 74.6 Å². The van der Waals surface area contributed by atoms with E-state index in [1.165, 1.54) is 113 Å². The molecule has 0 radical (unpaired) electrons. The molecule has 6 atom stereocenters. The highest BCUT2D eigenvalue weighted by Crippen LogP contribution is 2.26. The molecule has 9 rings (SSSR count). The summed E-state index contributed by atoms with van der Waals surface area (Å²) in [5.41, 5.74) is 16.2. The van der Waals surface area contributed by atoms with Crippen LogP contribution in [0.2, 0.25) is 5.15 Å². The zero-order chi connectivity index (χ0) is 87.6. The molecule has 3 aliphatic rings. The Morgan fingerprint density at radius 1 is 0.458 bits per heavy atom. The van der Waals surface area contributed by atoms with E-state index >= 15 is 0 Å². The van der Waals surface area contributed by atoms with Crippen LogP contribution in [0.5, 0.6) is 0 Å². The van der Waals surface area contributed by atoms with Crippen molar-refractivity contribution in [1.82, 2.24) is 59.6 Å². The van der Waals surface area contributed by atoms with Crippen molar-refractivity contribution in [1.29, 1.82) is 0 Å². The SMILES string of the molecule is CN(C)c1cc(Cl)ncn1.COC[C@@H](F)CN(CCCCc1ccc2c(n1)CCCC2)CC[C@H](N)C(=O)OC(C)(C)C.COC[C@@H](F)CN(CCCCc1ccc2c(n1)CCCC2)CC[C@H](Nc1cc(N(C)C)ncn1)C(=O)O.COC[C@@H](F)CN(CCCCc1ccc2c(n1)CCCC2)CC[C@H](Nc1cc(N(C)C)ncn1)C(=O)OC(C)(C)C. The third kappa shape index (κ3) is 39.8. The maximum atomic E-state index is 14.7. The fourth-order valence-electron chi connectivity index (χ4n) is 14.2. The number of nitrogens with two attached hydrogens (primary N) is 1. The molecule has 31 heteroatoms. The minimum atomic E-state index is -1.13. The van der Waals surface area contributed by atoms with Gasteiger partial charge in [-0.05, 0) is 250 Å². The third-order valence-electron chi connectivity index (χ3n) is 20.5. The van der Waals surface area contributed by atoms with Gasteiger partial charge in [0.15, 0.2) is 0 Å². The molecule has 0 bridgehead atoms. The number of nitrogens with one attached hydrogen (secondary N) is 2. The highest BCUT2D eigenvalue weighted by atomic mass is 35.5. The summed E-state index contributed by atoms with van der Waals surface area (Å²) >= 11 is 5.61. The van der Waals surface area contributed by atoms with Crippen molar-refractivity contribution in [3.63, 3.8) is 0 Å². The Balaban J connectivity index is 0.000000264. The number of esters is 2. The van der Waals surface area contributed by atoms with Gasteiger partial charge in [-0.25, -0.2) is 52.7 Å². The molecule has 6 heterocycles. The van der Waals surface area contributed by atoms with Gasteiger partial charge in [-0.2, -0.15) is 0 Å². The molecule has 6 aromatic rings. The molecule has 0 aromatic carbocycles. The maximum absolute atomic E-state index is 14.7. The Morgan fingerprint density at radius 2 is 0.792 bits per heavy atom. The van der Waals surface area contributed by atoms with Gasteiger partial charge in [-0.15, -0.1) is 0 Å². The van der Waals surface area contributed by atoms with Crippen molar-refractivity contribution < 1.29 is 56.3 Å². The van der Waals surface area contributed by atoms with Gasteiger partial charge >= 0.3 is 17.9 Å². The van der Waals surface area contributed by atoms with Crippen molar-refractivity contribution in [3.8, 4) is 0 Å². The summed E-state index contributed by atoms with van der Waals surface area (Å²) in [6.45, 7) is 15.5. The Labute approximate surface area is 717 Å². The molecule has 3 aliphatic carbocycles. The smallest absolute Gasteiger partial charge is 0.329 e. The minimum absolute atomic E-state index is 0.0183. The van der Waals surface area contributed by atoms with E-state index in [2.05, 4.69) is 81.8 Å². The summed E-state index contributed by atoms with van der Waals surface area (Å²) in [6.07, 6.45) is 24.6. The average molecular weight is 1700 g/mol. The highest BCUT2D eigenvalue weighted by molar-refractivity contribution is 6.29. The van der Waals surface area contributed by atoms with Gasteiger partial charge in [0.1, 0.15) is 101 Å². The monoisotopic (exact) mass is 1700 g/mol. The van der Waals surface area contributed by atoms with E-state index in [4.69, 9.17) is 56.0 Å². The van der Waals surface area contributed by atoms with Crippen LogP contribution < -0.4 is 31.1 Å². The average Bonchev–Trinajstić information content (AvgIpc) is 0.863. The lowest BCUT2D eigenvalue weighted by Gasteiger charge is -2.28. The zero-order valence-corrected chi connectivity index (χ0v) is 75.1. The van der Waals surface area contributed by atoms with Crippen molar-refractivity contribution in [2.75, 3.05) is 168 Å². The molecule has 0 saturated heterocycles. The summed E-state index contributed by atoms with van der Waals surface area (Å²) in [4.78, 5) is 88.1. The molecule has 0 spiro atoms. The number of nitrogens with zero attached hydrogens (tertiary/aromatic N) is 15. The molecule has 0 aliphatic heterocycles. The second-order valence-electron chi connectivity index (χ2n) is 34.0. The quantitative estimate of drug-likeness (QED) is 0.0157. The molecule has 27 nitrogen and oxygen atoms in total. The molecular weight excluding hydrogens is 1560 g/mol. The molecular formula is C89H140ClF3N18O9. The van der Waals surface area contributed by atoms with Crippen molar-refractivity contribution >= 4 is 58.6 Å². The Bertz CT molecular complexity index is 3960. The Morgan fingerprint density at radius 3 is 1.13 bits per heavy atom. The summed E-state index contributed by atoms with van der Waals surface area (Å²) in [5.74, 6) is 1.44. The number of hydrogen-bond acceptors (Lipinski definition) is 26. The van der Waals surface area contributed by atoms with Gasteiger partial charge in [0.05, 0.1) is 19.8 Å². The summed E-state index contributed by atoms with van der Waals surface area (Å²) < 4.78 is 69.3. The van der Waals surface area contributed by atoms with Gasteiger partial charge in [-0.1, -0.05) is 29.8 Å². The number of anilines is 5. The number of methoxy groups -OCH3 is 3. The lowest BCUT2D eigenvalue weighted by Crippen LogP contribution is -2.41. The van der Waals surface area contributed by atoms with Crippen LogP contribution in [-0.4, -0.2) is 273 Å². The summed E-state index contributed by atoms with van der Waals surface area (Å²) in [7, 11) is 15.8. The topological polar surface area (TPSA) is 303 Å². The number of carbonyl (C=O) groups excluding carboxylic acids is 2. The van der Waals surface area contributed by atoms with E-state index < -0.39 is 59.8 Å². The first-order chi connectivity index (χ1) is 57.3. The van der Waals surface area contributed by atoms with E-state index in [1.54, 1.807) is 18.2 Å². The zero-order valence-electron chi connectivity index (χ0n) is 74.4. The number of ether oxygens (including phenoxy) is 5. The second-order valence-corrected chi connectivity index (χ2v) is 34.3. The molecule has 0 amide bonds. The molecule has 5 N–H and O–H groups in total. The van der Waals surface area contributed by atoms with E-state index in [9.17, 15) is 32.7 Å². The first-order valence-corrected chi connectivity index (χ1v) is 43.2. The number of carboxylic acid groups (broad SMARTS) is 1. The lowest BCUT2D eigenvalue weighted by molar-refractivity contribution is -0.157. The Hall–Kier alpha value is -8.10. The predicted octanol–water partition coefficient (Wildman–Crippen LogP) is 12.8. The van der Waals surface area contributed by atoms with E-state index in [0.29, 0.717) is 74.6 Å². The normalized spacial score (nSPS) is 14.7. The summed E-state index contributed by atoms with van der Waals surface area (Å²) in [6, 6.07) is 16.1. The largest absolute Gasteiger partial charge is 0.480 e. The fraction of sp³-hybridized carbons (Fsp3) is 0.663. The number of fused-ring (bicyclic) bond motifs is 3. The first kappa shape index (κ1) is 101. The second kappa shape index (κ2) is 53.7. The van der Waals surface area contributed by atoms with E-state index in [1.807, 2.05) is 108 Å². The van der Waals surface area contributed by atoms with Crippen molar-refractivity contribution in [2.45, 2.75) is 243 Å². The van der Waals surface area contributed by atoms with Crippen LogP contribution in [0.25, 0.3) is 0 Å². The number of carbonyl (C=O) groups is 3. The number of unbranched alkanes of at least 4 members (excludes halogenated alkanes) is 3. The van der Waals surface area contributed by atoms with E-state index in [0.717, 1.165) is 132 Å². The van der Waals surface area contributed by atoms with Gasteiger partial charge in [0.25, 0.3) is 0 Å². The lowest BCUT2D eigenvalue weighted by atomic mass is 9.95. The molecule has 120 heavy (non-hydrogen) atoms. The number of aliphatic carboxylic acids is 1. The number of alkyl halides is 3. The van der Waals surface area contributed by atoms with Crippen LogP contribution in [0.3, 0.4) is 0 Å². The molecule has 0 fully saturated rings. The van der Waals surface area contributed by atoms with E-state index in [-0.39, 0.29) is 45.4 Å². The van der Waals surface area contributed by atoms with Gasteiger partial charge in [-0.3, -0.25) is 19.7 Å². The Kier molecular flexibility index (Phi) is 45.1. The number of rotatable bonds is 46. The van der Waals surface area contributed by atoms with Crippen LogP contribution in [0, 0.1) is 0 Å². The molecule has 6 aromatic heterocycles. The fourth-order valence-corrected chi connectivity index (χ4v) is 14.4. The molecule has 0 unspecified atom stereocenters.